The van der Waals surface area contributed by atoms with Gasteiger partial charge in [-0.15, -0.1) is 0 Å². The van der Waals surface area contributed by atoms with Gasteiger partial charge in [0.2, 0.25) is 5.91 Å². The Labute approximate surface area is 95.7 Å². The van der Waals surface area contributed by atoms with Crippen molar-refractivity contribution in [3.63, 3.8) is 0 Å². The van der Waals surface area contributed by atoms with E-state index in [-0.39, 0.29) is 16.7 Å². The second-order valence-corrected chi connectivity index (χ2v) is 3.64. The molecule has 1 amide bonds. The summed E-state index contributed by atoms with van der Waals surface area (Å²) in [7, 11) is 0. The maximum absolute atomic E-state index is 13.5. The fraction of sp³-hybridized carbons (Fsp3) is 0.0833. The van der Waals surface area contributed by atoms with Gasteiger partial charge in [0.15, 0.2) is 17.4 Å². The van der Waals surface area contributed by atoms with E-state index >= 15 is 0 Å². The smallest absolute Gasteiger partial charge is 0.221 e. The molecule has 0 atom stereocenters. The zero-order chi connectivity index (χ0) is 12.6. The van der Waals surface area contributed by atoms with E-state index in [1.807, 2.05) is 0 Å². The summed E-state index contributed by atoms with van der Waals surface area (Å²) >= 11 is 0. The molecule has 0 saturated carbocycles. The van der Waals surface area contributed by atoms with Gasteiger partial charge in [0.25, 0.3) is 0 Å². The normalized spacial score (nSPS) is 10.5. The van der Waals surface area contributed by atoms with E-state index in [0.29, 0.717) is 5.69 Å². The van der Waals surface area contributed by atoms with Crippen LogP contribution in [-0.2, 0) is 4.79 Å². The summed E-state index contributed by atoms with van der Waals surface area (Å²) in [4.78, 5) is 10.8. The van der Waals surface area contributed by atoms with Gasteiger partial charge in [0.05, 0.1) is 0 Å². The maximum Gasteiger partial charge on any atom is 0.221 e. The molecule has 88 valence electrons. The molecule has 3 nitrogen and oxygen atoms in total. The molecule has 0 radical (unpaired) electrons. The Morgan fingerprint density at radius 1 is 1.29 bits per heavy atom. The number of halogens is 2. The van der Waals surface area contributed by atoms with Crippen molar-refractivity contribution >= 4 is 22.4 Å². The fourth-order valence-electron chi connectivity index (χ4n) is 1.60. The molecule has 2 N–H and O–H groups in total. The van der Waals surface area contributed by atoms with Gasteiger partial charge in [-0.3, -0.25) is 4.79 Å². The third-order valence-electron chi connectivity index (χ3n) is 2.32. The van der Waals surface area contributed by atoms with Crippen molar-refractivity contribution in [1.29, 1.82) is 0 Å². The van der Waals surface area contributed by atoms with Crippen LogP contribution in [0.3, 0.4) is 0 Å². The minimum Gasteiger partial charge on any atom is -0.503 e. The lowest BCUT2D eigenvalue weighted by Crippen LogP contribution is -2.05. The SMILES string of the molecule is CC(=O)Nc1ccc2c(F)c(O)c(F)cc2c1. The topological polar surface area (TPSA) is 49.3 Å². The Kier molecular flexibility index (Phi) is 2.67. The summed E-state index contributed by atoms with van der Waals surface area (Å²) in [6.45, 7) is 1.34. The largest absolute Gasteiger partial charge is 0.503 e. The molecule has 0 unspecified atom stereocenters. The van der Waals surface area contributed by atoms with Crippen LogP contribution in [0.1, 0.15) is 6.92 Å². The van der Waals surface area contributed by atoms with Gasteiger partial charge < -0.3 is 10.4 Å². The highest BCUT2D eigenvalue weighted by Crippen LogP contribution is 2.30. The molecule has 0 heterocycles. The Hall–Kier alpha value is -2.17. The van der Waals surface area contributed by atoms with Gasteiger partial charge in [-0.2, -0.15) is 0 Å². The van der Waals surface area contributed by atoms with Gasteiger partial charge >= 0.3 is 0 Å². The summed E-state index contributed by atoms with van der Waals surface area (Å²) in [6.07, 6.45) is 0. The first kappa shape index (κ1) is 11.3. The van der Waals surface area contributed by atoms with Gasteiger partial charge in [-0.25, -0.2) is 8.78 Å². The predicted molar refractivity (Wildman–Crippen MR) is 59.8 cm³/mol. The van der Waals surface area contributed by atoms with Crippen LogP contribution in [0, 0.1) is 11.6 Å². The second kappa shape index (κ2) is 4.01. The third kappa shape index (κ3) is 2.04. The molecule has 2 aromatic carbocycles. The van der Waals surface area contributed by atoms with Crippen molar-refractivity contribution in [1.82, 2.24) is 0 Å². The summed E-state index contributed by atoms with van der Waals surface area (Å²) in [5.41, 5.74) is 0.439. The molecule has 17 heavy (non-hydrogen) atoms. The van der Waals surface area contributed by atoms with E-state index in [4.69, 9.17) is 5.11 Å². The number of carbonyl (C=O) groups is 1. The molecule has 0 saturated heterocycles. The van der Waals surface area contributed by atoms with Gasteiger partial charge in [0, 0.05) is 18.0 Å². The number of phenols is 1. The van der Waals surface area contributed by atoms with E-state index < -0.39 is 17.4 Å². The molecule has 5 heteroatoms. The number of aromatic hydroxyl groups is 1. The first-order valence-corrected chi connectivity index (χ1v) is 4.87. The molecule has 2 aromatic rings. The first-order chi connectivity index (χ1) is 7.99. The van der Waals surface area contributed by atoms with E-state index in [1.54, 1.807) is 0 Å². The van der Waals surface area contributed by atoms with Gasteiger partial charge in [-0.1, -0.05) is 0 Å². The number of amides is 1. The minimum atomic E-state index is -1.03. The van der Waals surface area contributed by atoms with Crippen molar-refractivity contribution in [3.8, 4) is 5.75 Å². The summed E-state index contributed by atoms with van der Waals surface area (Å²) in [5.74, 6) is -3.31. The van der Waals surface area contributed by atoms with Crippen LogP contribution >= 0.6 is 0 Å². The lowest BCUT2D eigenvalue weighted by atomic mass is 10.1. The number of benzene rings is 2. The number of rotatable bonds is 1. The van der Waals surface area contributed by atoms with Crippen LogP contribution in [0.5, 0.6) is 5.75 Å². The minimum absolute atomic E-state index is 0.0954. The molecule has 0 aromatic heterocycles. The maximum atomic E-state index is 13.5. The molecule has 0 bridgehead atoms. The Balaban J connectivity index is 2.62. The Morgan fingerprint density at radius 3 is 2.65 bits per heavy atom. The number of fused-ring (bicyclic) bond motifs is 1. The van der Waals surface area contributed by atoms with Gasteiger partial charge in [0.1, 0.15) is 0 Å². The molecule has 0 aliphatic heterocycles. The number of nitrogens with one attached hydrogen (secondary N) is 1. The van der Waals surface area contributed by atoms with Crippen LogP contribution in [-0.4, -0.2) is 11.0 Å². The van der Waals surface area contributed by atoms with Crippen molar-refractivity contribution in [3.05, 3.63) is 35.9 Å². The number of anilines is 1. The standard InChI is InChI=1S/C12H9F2NO2/c1-6(16)15-8-2-3-9-7(4-8)5-10(13)12(17)11(9)14/h2-5,17H,1H3,(H,15,16). The average molecular weight is 237 g/mol. The lowest BCUT2D eigenvalue weighted by molar-refractivity contribution is -0.114. The van der Waals surface area contributed by atoms with Crippen LogP contribution in [0.2, 0.25) is 0 Å². The zero-order valence-electron chi connectivity index (χ0n) is 8.92. The van der Waals surface area contributed by atoms with E-state index in [9.17, 15) is 13.6 Å². The monoisotopic (exact) mass is 237 g/mol. The second-order valence-electron chi connectivity index (χ2n) is 3.64. The predicted octanol–water partition coefficient (Wildman–Crippen LogP) is 2.78. The molecule has 0 spiro atoms. The Bertz CT molecular complexity index is 611. The van der Waals surface area contributed by atoms with Crippen molar-refractivity contribution in [2.45, 2.75) is 6.92 Å². The van der Waals surface area contributed by atoms with E-state index in [2.05, 4.69) is 5.32 Å². The van der Waals surface area contributed by atoms with Crippen LogP contribution in [0.25, 0.3) is 10.8 Å². The number of phenolic OH excluding ortho intramolecular Hbond substituents is 1. The molecule has 0 fully saturated rings. The number of hydrogen-bond donors (Lipinski definition) is 2. The fourth-order valence-corrected chi connectivity index (χ4v) is 1.60. The highest BCUT2D eigenvalue weighted by molar-refractivity contribution is 5.93. The van der Waals surface area contributed by atoms with E-state index in [1.165, 1.54) is 25.1 Å². The zero-order valence-corrected chi connectivity index (χ0v) is 8.92. The molecular formula is C12H9F2NO2. The van der Waals surface area contributed by atoms with E-state index in [0.717, 1.165) is 6.07 Å². The first-order valence-electron chi connectivity index (χ1n) is 4.87. The highest BCUT2D eigenvalue weighted by Gasteiger charge is 2.12. The quantitative estimate of drug-likeness (QED) is 0.801. The lowest BCUT2D eigenvalue weighted by Gasteiger charge is -2.06. The molecular weight excluding hydrogens is 228 g/mol. The summed E-state index contributed by atoms with van der Waals surface area (Å²) in [5, 5.41) is 12.0. The molecule has 0 aliphatic rings. The van der Waals surface area contributed by atoms with Crippen LogP contribution in [0.15, 0.2) is 24.3 Å². The molecule has 2 rings (SSSR count). The van der Waals surface area contributed by atoms with Crippen molar-refractivity contribution < 1.29 is 18.7 Å². The van der Waals surface area contributed by atoms with Crippen LogP contribution < -0.4 is 5.32 Å². The van der Waals surface area contributed by atoms with Crippen LogP contribution in [0.4, 0.5) is 14.5 Å². The molecule has 0 aliphatic carbocycles. The third-order valence-corrected chi connectivity index (χ3v) is 2.32. The average Bonchev–Trinajstić information content (AvgIpc) is 2.25. The number of hydrogen-bond acceptors (Lipinski definition) is 2. The van der Waals surface area contributed by atoms with Crippen molar-refractivity contribution in [2.75, 3.05) is 5.32 Å². The van der Waals surface area contributed by atoms with Crippen molar-refractivity contribution in [2.24, 2.45) is 0 Å². The highest BCUT2D eigenvalue weighted by atomic mass is 19.1. The van der Waals surface area contributed by atoms with Gasteiger partial charge in [-0.05, 0) is 29.7 Å². The number of carbonyl (C=O) groups excluding carboxylic acids is 1. The summed E-state index contributed by atoms with van der Waals surface area (Å²) < 4.78 is 26.6. The summed E-state index contributed by atoms with van der Waals surface area (Å²) in [6, 6.07) is 5.29. The Morgan fingerprint density at radius 2 is 2.00 bits per heavy atom.